The summed E-state index contributed by atoms with van der Waals surface area (Å²) < 4.78 is 6.32. The molecule has 5 atom stereocenters. The number of benzene rings is 3. The lowest BCUT2D eigenvalue weighted by atomic mass is 9.63. The third kappa shape index (κ3) is 2.99. The first-order valence-corrected chi connectivity index (χ1v) is 13.2. The first-order valence-electron chi connectivity index (χ1n) is 12.4. The molecule has 9 heteroatoms. The van der Waals surface area contributed by atoms with E-state index in [-0.39, 0.29) is 29.5 Å². The van der Waals surface area contributed by atoms with E-state index in [1.54, 1.807) is 24.9 Å². The fourth-order valence-electron chi connectivity index (χ4n) is 7.15. The van der Waals surface area contributed by atoms with Gasteiger partial charge in [-0.05, 0) is 35.7 Å². The van der Waals surface area contributed by atoms with Crippen molar-refractivity contribution in [3.8, 4) is 0 Å². The van der Waals surface area contributed by atoms with Crippen molar-refractivity contribution in [2.45, 2.75) is 24.2 Å². The standard InChI is InChI=1S/C29H23BrN2O6/c1-3-38-27(34)25-22-16-13-12-15(32(36)37)14-18(16)26(33)23(22)24(17-8-4-6-10-20(17)30)29(25)19-9-5-7-11-21(19)31(2)28(29)35/h4-14,22-25H,3H2,1-2H3. The molecule has 8 nitrogen and oxygen atoms in total. The van der Waals surface area contributed by atoms with Crippen LogP contribution in [0.5, 0.6) is 0 Å². The second-order valence-corrected chi connectivity index (χ2v) is 10.8. The number of hydrogen-bond donors (Lipinski definition) is 0. The Labute approximate surface area is 226 Å². The van der Waals surface area contributed by atoms with Gasteiger partial charge in [-0.15, -0.1) is 0 Å². The minimum absolute atomic E-state index is 0.106. The van der Waals surface area contributed by atoms with Crippen LogP contribution in [0.2, 0.25) is 0 Å². The van der Waals surface area contributed by atoms with Gasteiger partial charge in [-0.1, -0.05) is 58.4 Å². The number of para-hydroxylation sites is 1. The molecule has 1 aliphatic heterocycles. The number of esters is 1. The number of ether oxygens (including phenoxy) is 1. The summed E-state index contributed by atoms with van der Waals surface area (Å²) in [5, 5.41) is 11.5. The number of non-ortho nitro benzene ring substituents is 1. The summed E-state index contributed by atoms with van der Waals surface area (Å²) in [4.78, 5) is 55.2. The Morgan fingerprint density at radius 2 is 1.76 bits per heavy atom. The lowest BCUT2D eigenvalue weighted by molar-refractivity contribution is -0.384. The summed E-state index contributed by atoms with van der Waals surface area (Å²) in [5.74, 6) is -4.38. The van der Waals surface area contributed by atoms with Crippen LogP contribution in [0.1, 0.15) is 45.8 Å². The number of amides is 1. The summed E-state index contributed by atoms with van der Waals surface area (Å²) in [6.07, 6.45) is 0. The van der Waals surface area contributed by atoms with E-state index in [4.69, 9.17) is 4.74 Å². The SMILES string of the molecule is CCOC(=O)C1C2c3ccc([N+](=O)[O-])cc3C(=O)C2C(c2ccccc2Br)C12C(=O)N(C)c1ccccc12. The molecule has 0 radical (unpaired) electrons. The molecule has 38 heavy (non-hydrogen) atoms. The van der Waals surface area contributed by atoms with Crippen molar-refractivity contribution < 1.29 is 24.0 Å². The minimum atomic E-state index is -1.41. The topological polar surface area (TPSA) is 107 Å². The van der Waals surface area contributed by atoms with Gasteiger partial charge in [-0.3, -0.25) is 24.5 Å². The molecule has 192 valence electrons. The van der Waals surface area contributed by atoms with Crippen molar-refractivity contribution in [3.05, 3.63) is 104 Å². The highest BCUT2D eigenvalue weighted by molar-refractivity contribution is 9.10. The number of nitrogens with zero attached hydrogens (tertiary/aromatic N) is 2. The molecule has 1 heterocycles. The maximum absolute atomic E-state index is 14.5. The fourth-order valence-corrected chi connectivity index (χ4v) is 7.68. The van der Waals surface area contributed by atoms with Gasteiger partial charge in [0, 0.05) is 52.7 Å². The monoisotopic (exact) mass is 574 g/mol. The van der Waals surface area contributed by atoms with Crippen molar-refractivity contribution >= 4 is 45.0 Å². The Kier molecular flexibility index (Phi) is 5.54. The number of rotatable bonds is 4. The van der Waals surface area contributed by atoms with Gasteiger partial charge in [-0.25, -0.2) is 0 Å². The van der Waals surface area contributed by atoms with Crippen molar-refractivity contribution in [2.75, 3.05) is 18.6 Å². The van der Waals surface area contributed by atoms with Crippen LogP contribution in [0.15, 0.2) is 71.2 Å². The molecule has 0 saturated heterocycles. The molecule has 6 rings (SSSR count). The zero-order chi connectivity index (χ0) is 26.9. The summed E-state index contributed by atoms with van der Waals surface area (Å²) >= 11 is 3.64. The molecule has 0 aromatic heterocycles. The fraction of sp³-hybridized carbons (Fsp3) is 0.276. The number of likely N-dealkylation sites (N-methyl/N-ethyl adjacent to an activating group) is 1. The Morgan fingerprint density at radius 3 is 2.47 bits per heavy atom. The van der Waals surface area contributed by atoms with E-state index >= 15 is 0 Å². The number of nitro groups is 1. The summed E-state index contributed by atoms with van der Waals surface area (Å²) in [5.41, 5.74) is 1.24. The van der Waals surface area contributed by atoms with Gasteiger partial charge >= 0.3 is 5.97 Å². The van der Waals surface area contributed by atoms with Crippen molar-refractivity contribution in [2.24, 2.45) is 11.8 Å². The van der Waals surface area contributed by atoms with Gasteiger partial charge in [0.1, 0.15) is 0 Å². The van der Waals surface area contributed by atoms with E-state index < -0.39 is 40.0 Å². The third-order valence-electron chi connectivity index (χ3n) is 8.41. The Bertz CT molecular complexity index is 1550. The number of carbonyl (C=O) groups excluding carboxylic acids is 3. The van der Waals surface area contributed by atoms with Gasteiger partial charge in [-0.2, -0.15) is 0 Å². The molecule has 1 saturated carbocycles. The second kappa shape index (κ2) is 8.59. The highest BCUT2D eigenvalue weighted by atomic mass is 79.9. The molecule has 5 unspecified atom stereocenters. The largest absolute Gasteiger partial charge is 0.466 e. The van der Waals surface area contributed by atoms with Crippen LogP contribution in [0.3, 0.4) is 0 Å². The first kappa shape index (κ1) is 24.5. The summed E-state index contributed by atoms with van der Waals surface area (Å²) in [7, 11) is 1.68. The van der Waals surface area contributed by atoms with E-state index in [0.29, 0.717) is 21.3 Å². The highest BCUT2D eigenvalue weighted by Crippen LogP contribution is 2.70. The van der Waals surface area contributed by atoms with Crippen LogP contribution in [-0.4, -0.2) is 36.2 Å². The molecule has 2 aliphatic carbocycles. The van der Waals surface area contributed by atoms with Crippen LogP contribution >= 0.6 is 15.9 Å². The van der Waals surface area contributed by atoms with Gasteiger partial charge in [0.2, 0.25) is 5.91 Å². The zero-order valence-electron chi connectivity index (χ0n) is 20.6. The van der Waals surface area contributed by atoms with Crippen LogP contribution < -0.4 is 4.90 Å². The number of hydrogen-bond acceptors (Lipinski definition) is 6. The summed E-state index contributed by atoms with van der Waals surface area (Å²) in [6.45, 7) is 1.81. The average Bonchev–Trinajstić information content (AvgIpc) is 3.45. The number of carbonyl (C=O) groups is 3. The van der Waals surface area contributed by atoms with E-state index in [1.807, 2.05) is 48.5 Å². The quantitative estimate of drug-likeness (QED) is 0.242. The number of Topliss-reactive ketones (excluding diaryl/α,β-unsaturated/α-hetero) is 1. The number of fused-ring (bicyclic) bond motifs is 5. The minimum Gasteiger partial charge on any atom is -0.466 e. The van der Waals surface area contributed by atoms with E-state index in [0.717, 1.165) is 5.56 Å². The maximum atomic E-state index is 14.5. The third-order valence-corrected chi connectivity index (χ3v) is 9.13. The molecule has 3 aromatic carbocycles. The van der Waals surface area contributed by atoms with Crippen LogP contribution in [0.4, 0.5) is 11.4 Å². The number of nitro benzene ring substituents is 1. The Balaban J connectivity index is 1.72. The smallest absolute Gasteiger partial charge is 0.311 e. The molecular formula is C29H23BrN2O6. The second-order valence-electron chi connectivity index (χ2n) is 9.92. The van der Waals surface area contributed by atoms with Gasteiger partial charge < -0.3 is 9.64 Å². The average molecular weight is 575 g/mol. The van der Waals surface area contributed by atoms with E-state index in [1.165, 1.54) is 12.1 Å². The first-order chi connectivity index (χ1) is 18.2. The molecule has 1 amide bonds. The number of halogens is 1. The van der Waals surface area contributed by atoms with Gasteiger partial charge in [0.05, 0.1) is 22.9 Å². The predicted molar refractivity (Wildman–Crippen MR) is 142 cm³/mol. The maximum Gasteiger partial charge on any atom is 0.311 e. The van der Waals surface area contributed by atoms with E-state index in [2.05, 4.69) is 15.9 Å². The van der Waals surface area contributed by atoms with Crippen molar-refractivity contribution in [1.29, 1.82) is 0 Å². The highest BCUT2D eigenvalue weighted by Gasteiger charge is 2.74. The molecule has 0 bridgehead atoms. The van der Waals surface area contributed by atoms with Crippen LogP contribution in [-0.2, 0) is 19.7 Å². The molecule has 1 spiro atoms. The normalized spacial score (nSPS) is 26.9. The van der Waals surface area contributed by atoms with Crippen LogP contribution in [0.25, 0.3) is 0 Å². The van der Waals surface area contributed by atoms with E-state index in [9.17, 15) is 24.5 Å². The van der Waals surface area contributed by atoms with Gasteiger partial charge in [0.15, 0.2) is 5.78 Å². The number of anilines is 1. The molecular weight excluding hydrogens is 552 g/mol. The van der Waals surface area contributed by atoms with Gasteiger partial charge in [0.25, 0.3) is 5.69 Å². The van der Waals surface area contributed by atoms with Crippen molar-refractivity contribution in [1.82, 2.24) is 0 Å². The predicted octanol–water partition coefficient (Wildman–Crippen LogP) is 5.14. The molecule has 3 aliphatic rings. The number of ketones is 1. The molecule has 0 N–H and O–H groups in total. The molecule has 3 aromatic rings. The van der Waals surface area contributed by atoms with Crippen molar-refractivity contribution in [3.63, 3.8) is 0 Å². The Hall–Kier alpha value is -3.85. The lowest BCUT2D eigenvalue weighted by Crippen LogP contribution is -2.49. The Morgan fingerprint density at radius 1 is 1.05 bits per heavy atom. The summed E-state index contributed by atoms with van der Waals surface area (Å²) in [6, 6.07) is 19.0. The molecule has 1 fully saturated rings. The zero-order valence-corrected chi connectivity index (χ0v) is 22.2. The lowest BCUT2D eigenvalue weighted by Gasteiger charge is -2.37. The van der Waals surface area contributed by atoms with Crippen LogP contribution in [0, 0.1) is 22.0 Å².